The van der Waals surface area contributed by atoms with Gasteiger partial charge in [0.05, 0.1) is 0 Å². The summed E-state index contributed by atoms with van der Waals surface area (Å²) in [5.41, 5.74) is 2.66. The summed E-state index contributed by atoms with van der Waals surface area (Å²) in [6.45, 7) is 3.45. The second-order valence-corrected chi connectivity index (χ2v) is 5.13. The van der Waals surface area contributed by atoms with Crippen LogP contribution in [0.4, 0.5) is 5.69 Å². The predicted molar refractivity (Wildman–Crippen MR) is 76.7 cm³/mol. The number of rotatable bonds is 4. The van der Waals surface area contributed by atoms with Crippen LogP contribution in [-0.4, -0.2) is 30.4 Å². The third-order valence-corrected chi connectivity index (χ3v) is 3.29. The van der Waals surface area contributed by atoms with E-state index in [4.69, 9.17) is 4.74 Å². The van der Waals surface area contributed by atoms with Gasteiger partial charge in [0.2, 0.25) is 5.91 Å². The molecule has 1 aliphatic rings. The lowest BCUT2D eigenvalue weighted by molar-refractivity contribution is -0.149. The highest BCUT2D eigenvalue weighted by atomic mass is 16.5. The minimum absolute atomic E-state index is 0.170. The van der Waals surface area contributed by atoms with Crippen LogP contribution in [0.1, 0.15) is 24.0 Å². The first kappa shape index (κ1) is 15.0. The molecule has 112 valence electrons. The highest BCUT2D eigenvalue weighted by molar-refractivity contribution is 5.94. The molecule has 0 radical (unpaired) electrons. The molecule has 1 heterocycles. The summed E-state index contributed by atoms with van der Waals surface area (Å²) in [5, 5.41) is 5.20. The molecule has 0 saturated carbocycles. The molecular formula is C15H18N2O4. The highest BCUT2D eigenvalue weighted by Gasteiger charge is 2.28. The van der Waals surface area contributed by atoms with Crippen molar-refractivity contribution in [3.63, 3.8) is 0 Å². The summed E-state index contributed by atoms with van der Waals surface area (Å²) in [7, 11) is 0. The number of nitrogens with one attached hydrogen (secondary N) is 2. The number of hydrogen-bond acceptors (Lipinski definition) is 4. The Labute approximate surface area is 122 Å². The molecular weight excluding hydrogens is 272 g/mol. The van der Waals surface area contributed by atoms with Crippen LogP contribution >= 0.6 is 0 Å². The summed E-state index contributed by atoms with van der Waals surface area (Å²) >= 11 is 0. The molecule has 0 unspecified atom stereocenters. The van der Waals surface area contributed by atoms with Gasteiger partial charge in [0.15, 0.2) is 6.61 Å². The van der Waals surface area contributed by atoms with Crippen LogP contribution in [-0.2, 0) is 19.1 Å². The molecule has 2 rings (SSSR count). The van der Waals surface area contributed by atoms with Crippen molar-refractivity contribution in [1.29, 1.82) is 0 Å². The maximum atomic E-state index is 11.8. The van der Waals surface area contributed by atoms with Gasteiger partial charge >= 0.3 is 5.97 Å². The van der Waals surface area contributed by atoms with Crippen LogP contribution in [0.25, 0.3) is 0 Å². The minimum Gasteiger partial charge on any atom is -0.454 e. The molecule has 1 fully saturated rings. The molecule has 2 N–H and O–H groups in total. The van der Waals surface area contributed by atoms with E-state index in [-0.39, 0.29) is 12.5 Å². The van der Waals surface area contributed by atoms with Crippen molar-refractivity contribution in [2.45, 2.75) is 32.7 Å². The van der Waals surface area contributed by atoms with Crippen LogP contribution in [0.5, 0.6) is 0 Å². The van der Waals surface area contributed by atoms with Gasteiger partial charge in [-0.15, -0.1) is 0 Å². The molecule has 1 aromatic carbocycles. The summed E-state index contributed by atoms with van der Waals surface area (Å²) in [6.07, 6.45) is 0.727. The highest BCUT2D eigenvalue weighted by Crippen LogP contribution is 2.16. The second-order valence-electron chi connectivity index (χ2n) is 5.13. The number of benzene rings is 1. The Bertz CT molecular complexity index is 583. The molecule has 0 bridgehead atoms. The number of ether oxygens (including phenoxy) is 1. The Kier molecular flexibility index (Phi) is 4.57. The summed E-state index contributed by atoms with van der Waals surface area (Å²) in [4.78, 5) is 34.4. The number of carbonyl (C=O) groups is 3. The fourth-order valence-electron chi connectivity index (χ4n) is 2.08. The van der Waals surface area contributed by atoms with E-state index in [1.54, 1.807) is 0 Å². The van der Waals surface area contributed by atoms with E-state index in [9.17, 15) is 14.4 Å². The van der Waals surface area contributed by atoms with Crippen molar-refractivity contribution in [2.75, 3.05) is 11.9 Å². The van der Waals surface area contributed by atoms with Crippen molar-refractivity contribution in [1.82, 2.24) is 5.32 Å². The van der Waals surface area contributed by atoms with Crippen LogP contribution in [0.3, 0.4) is 0 Å². The van der Waals surface area contributed by atoms with Gasteiger partial charge < -0.3 is 15.4 Å². The van der Waals surface area contributed by atoms with E-state index in [0.29, 0.717) is 18.5 Å². The lowest BCUT2D eigenvalue weighted by Gasteiger charge is -2.12. The second kappa shape index (κ2) is 6.39. The van der Waals surface area contributed by atoms with Crippen molar-refractivity contribution in [3.05, 3.63) is 29.3 Å². The van der Waals surface area contributed by atoms with Gasteiger partial charge in [0.1, 0.15) is 6.04 Å². The molecule has 6 heteroatoms. The largest absolute Gasteiger partial charge is 0.454 e. The molecule has 1 aromatic rings. The molecule has 21 heavy (non-hydrogen) atoms. The minimum atomic E-state index is -0.633. The van der Waals surface area contributed by atoms with E-state index < -0.39 is 17.9 Å². The average Bonchev–Trinajstić information content (AvgIpc) is 2.87. The fourth-order valence-corrected chi connectivity index (χ4v) is 2.08. The number of aryl methyl sites for hydroxylation is 2. The zero-order valence-electron chi connectivity index (χ0n) is 12.1. The Morgan fingerprint density at radius 2 is 2.14 bits per heavy atom. The third-order valence-electron chi connectivity index (χ3n) is 3.29. The number of anilines is 1. The smallest absolute Gasteiger partial charge is 0.329 e. The third kappa shape index (κ3) is 4.05. The molecule has 2 amide bonds. The zero-order valence-corrected chi connectivity index (χ0v) is 12.1. The SMILES string of the molecule is Cc1ccc(C)c(NC(=O)COC(=O)[C@@H]2CCC(=O)N2)c1. The monoisotopic (exact) mass is 290 g/mol. The zero-order chi connectivity index (χ0) is 15.4. The molecule has 0 aliphatic carbocycles. The maximum Gasteiger partial charge on any atom is 0.329 e. The Hall–Kier alpha value is -2.37. The summed E-state index contributed by atoms with van der Waals surface area (Å²) < 4.78 is 4.91. The molecule has 0 aromatic heterocycles. The Morgan fingerprint density at radius 3 is 2.81 bits per heavy atom. The predicted octanol–water partition coefficient (Wildman–Crippen LogP) is 1.06. The van der Waals surface area contributed by atoms with Gasteiger partial charge in [-0.1, -0.05) is 12.1 Å². The van der Waals surface area contributed by atoms with Gasteiger partial charge in [-0.3, -0.25) is 9.59 Å². The Balaban J connectivity index is 1.83. The number of esters is 1. The molecule has 0 spiro atoms. The average molecular weight is 290 g/mol. The number of carbonyl (C=O) groups excluding carboxylic acids is 3. The van der Waals surface area contributed by atoms with E-state index in [1.165, 1.54) is 0 Å². The van der Waals surface area contributed by atoms with Crippen LogP contribution in [0, 0.1) is 13.8 Å². The molecule has 1 saturated heterocycles. The van der Waals surface area contributed by atoms with E-state index in [1.807, 2.05) is 32.0 Å². The maximum absolute atomic E-state index is 11.8. The molecule has 1 atom stereocenters. The fraction of sp³-hybridized carbons (Fsp3) is 0.400. The number of amides is 2. The molecule has 6 nitrogen and oxygen atoms in total. The topological polar surface area (TPSA) is 84.5 Å². The van der Waals surface area contributed by atoms with Gasteiger partial charge in [-0.05, 0) is 37.5 Å². The standard InChI is InChI=1S/C15H18N2O4/c1-9-3-4-10(2)12(7-9)17-14(19)8-21-15(20)11-5-6-13(18)16-11/h3-4,7,11H,5-6,8H2,1-2H3,(H,16,18)(H,17,19)/t11-/m0/s1. The van der Waals surface area contributed by atoms with E-state index in [2.05, 4.69) is 10.6 Å². The van der Waals surface area contributed by atoms with Crippen molar-refractivity contribution < 1.29 is 19.1 Å². The normalized spacial score (nSPS) is 17.2. The van der Waals surface area contributed by atoms with Crippen molar-refractivity contribution in [3.8, 4) is 0 Å². The van der Waals surface area contributed by atoms with Crippen molar-refractivity contribution >= 4 is 23.5 Å². The van der Waals surface area contributed by atoms with Crippen molar-refractivity contribution in [2.24, 2.45) is 0 Å². The Morgan fingerprint density at radius 1 is 1.38 bits per heavy atom. The quantitative estimate of drug-likeness (QED) is 0.812. The first-order chi connectivity index (χ1) is 9.95. The van der Waals surface area contributed by atoms with Crippen LogP contribution < -0.4 is 10.6 Å². The van der Waals surface area contributed by atoms with E-state index >= 15 is 0 Å². The van der Waals surface area contributed by atoms with Gasteiger partial charge in [-0.2, -0.15) is 0 Å². The van der Waals surface area contributed by atoms with Gasteiger partial charge in [0.25, 0.3) is 5.91 Å². The lowest BCUT2D eigenvalue weighted by Crippen LogP contribution is -2.36. The van der Waals surface area contributed by atoms with E-state index in [0.717, 1.165) is 11.1 Å². The molecule has 1 aliphatic heterocycles. The van der Waals surface area contributed by atoms with Gasteiger partial charge in [-0.25, -0.2) is 4.79 Å². The first-order valence-corrected chi connectivity index (χ1v) is 6.79. The number of hydrogen-bond donors (Lipinski definition) is 2. The first-order valence-electron chi connectivity index (χ1n) is 6.79. The summed E-state index contributed by atoms with van der Waals surface area (Å²) in [5.74, 6) is -1.14. The van der Waals surface area contributed by atoms with Crippen LogP contribution in [0.15, 0.2) is 18.2 Å². The summed E-state index contributed by atoms with van der Waals surface area (Å²) in [6, 6.07) is 5.08. The van der Waals surface area contributed by atoms with Crippen LogP contribution in [0.2, 0.25) is 0 Å². The van der Waals surface area contributed by atoms with Gasteiger partial charge in [0, 0.05) is 12.1 Å². The lowest BCUT2D eigenvalue weighted by atomic mass is 10.1.